The molecule has 0 radical (unpaired) electrons. The van der Waals surface area contributed by atoms with Crippen LogP contribution in [0.15, 0.2) is 71.7 Å². The third kappa shape index (κ3) is 4.47. The summed E-state index contributed by atoms with van der Waals surface area (Å²) in [6, 6.07) is 13.2. The molecule has 0 unspecified atom stereocenters. The number of rotatable bonds is 4. The number of benzene rings is 2. The van der Waals surface area contributed by atoms with Gasteiger partial charge in [0.25, 0.3) is 17.4 Å². The van der Waals surface area contributed by atoms with E-state index in [0.29, 0.717) is 5.56 Å². The summed E-state index contributed by atoms with van der Waals surface area (Å²) in [5, 5.41) is 0. The maximum absolute atomic E-state index is 13.0. The number of aromatic nitrogens is 1. The van der Waals surface area contributed by atoms with Gasteiger partial charge in [-0.15, -0.1) is 0 Å². The lowest BCUT2D eigenvalue weighted by Gasteiger charge is -2.10. The van der Waals surface area contributed by atoms with Crippen molar-refractivity contribution < 1.29 is 18.4 Å². The Hall–Kier alpha value is -3.81. The zero-order valence-corrected chi connectivity index (χ0v) is 14.5. The van der Waals surface area contributed by atoms with Gasteiger partial charge in [0, 0.05) is 11.8 Å². The molecule has 0 aliphatic carbocycles. The van der Waals surface area contributed by atoms with E-state index in [0.717, 1.165) is 12.1 Å². The molecule has 0 aliphatic rings. The van der Waals surface area contributed by atoms with Gasteiger partial charge >= 0.3 is 0 Å². The predicted octanol–water partition coefficient (Wildman–Crippen LogP) is 2.25. The maximum atomic E-state index is 13.0. The fraction of sp³-hybridized carbons (Fsp3) is 0.0500. The molecule has 0 saturated carbocycles. The second kappa shape index (κ2) is 8.26. The van der Waals surface area contributed by atoms with Gasteiger partial charge in [0.1, 0.15) is 17.2 Å². The largest absolute Gasteiger partial charge is 0.310 e. The number of halogens is 2. The molecule has 0 aliphatic heterocycles. The van der Waals surface area contributed by atoms with Crippen LogP contribution in [0, 0.1) is 11.6 Å². The molecule has 1 aromatic heterocycles. The number of hydrogen-bond donors (Lipinski definition) is 2. The Balaban J connectivity index is 1.70. The highest BCUT2D eigenvalue weighted by molar-refractivity contribution is 5.98. The fourth-order valence-electron chi connectivity index (χ4n) is 2.47. The van der Waals surface area contributed by atoms with E-state index < -0.39 is 23.2 Å². The summed E-state index contributed by atoms with van der Waals surface area (Å²) in [5.41, 5.74) is 4.41. The minimum absolute atomic E-state index is 0.142. The van der Waals surface area contributed by atoms with Crippen LogP contribution in [-0.4, -0.2) is 16.4 Å². The Labute approximate surface area is 158 Å². The van der Waals surface area contributed by atoms with Crippen molar-refractivity contribution in [1.82, 2.24) is 15.4 Å². The van der Waals surface area contributed by atoms with Crippen LogP contribution in [-0.2, 0) is 6.54 Å². The summed E-state index contributed by atoms with van der Waals surface area (Å²) < 4.78 is 27.2. The lowest BCUT2D eigenvalue weighted by atomic mass is 10.2. The highest BCUT2D eigenvalue weighted by atomic mass is 19.1. The second-order valence-corrected chi connectivity index (χ2v) is 5.90. The van der Waals surface area contributed by atoms with Crippen LogP contribution in [0.1, 0.15) is 26.3 Å². The zero-order valence-electron chi connectivity index (χ0n) is 14.5. The van der Waals surface area contributed by atoms with Gasteiger partial charge in [-0.1, -0.05) is 12.1 Å². The van der Waals surface area contributed by atoms with Crippen molar-refractivity contribution in [3.63, 3.8) is 0 Å². The molecule has 3 aromatic rings. The number of amides is 2. The number of carbonyl (C=O) groups excluding carboxylic acids is 2. The highest BCUT2D eigenvalue weighted by Gasteiger charge is 2.14. The number of hydrazine groups is 1. The first-order chi connectivity index (χ1) is 13.4. The van der Waals surface area contributed by atoms with E-state index >= 15 is 0 Å². The van der Waals surface area contributed by atoms with Crippen molar-refractivity contribution in [1.29, 1.82) is 0 Å². The van der Waals surface area contributed by atoms with Crippen LogP contribution in [0.3, 0.4) is 0 Å². The lowest BCUT2D eigenvalue weighted by molar-refractivity contribution is 0.0845. The minimum atomic E-state index is -0.797. The van der Waals surface area contributed by atoms with Crippen molar-refractivity contribution in [2.45, 2.75) is 6.54 Å². The molecule has 2 aromatic carbocycles. The predicted molar refractivity (Wildman–Crippen MR) is 97.5 cm³/mol. The quantitative estimate of drug-likeness (QED) is 0.678. The first-order valence-corrected chi connectivity index (χ1v) is 8.24. The summed E-state index contributed by atoms with van der Waals surface area (Å²) >= 11 is 0. The Morgan fingerprint density at radius 3 is 2.04 bits per heavy atom. The summed E-state index contributed by atoms with van der Waals surface area (Å²) in [7, 11) is 0. The number of nitrogens with one attached hydrogen (secondary N) is 2. The van der Waals surface area contributed by atoms with Gasteiger partial charge in [-0.3, -0.25) is 25.2 Å². The standard InChI is InChI=1S/C20H15F2N3O3/c21-15-7-3-13(4-8-15)12-25-11-1-2-17(20(25)28)19(27)24-23-18(26)14-5-9-16(22)10-6-14/h1-11H,12H2,(H,23,26)(H,24,27). The molecule has 0 saturated heterocycles. The van der Waals surface area contributed by atoms with E-state index in [1.54, 1.807) is 0 Å². The fourth-order valence-corrected chi connectivity index (χ4v) is 2.47. The Bertz CT molecular complexity index is 1060. The molecule has 1 heterocycles. The highest BCUT2D eigenvalue weighted by Crippen LogP contribution is 2.05. The van der Waals surface area contributed by atoms with E-state index in [-0.39, 0.29) is 23.5 Å². The van der Waals surface area contributed by atoms with Crippen LogP contribution in [0.4, 0.5) is 8.78 Å². The summed E-state index contributed by atoms with van der Waals surface area (Å²) in [6.45, 7) is 0.155. The molecule has 3 rings (SSSR count). The normalized spacial score (nSPS) is 10.4. The lowest BCUT2D eigenvalue weighted by Crippen LogP contribution is -2.44. The van der Waals surface area contributed by atoms with Gasteiger partial charge in [0.2, 0.25) is 0 Å². The number of nitrogens with zero attached hydrogens (tertiary/aromatic N) is 1. The van der Waals surface area contributed by atoms with Crippen LogP contribution in [0.5, 0.6) is 0 Å². The average Bonchev–Trinajstić information content (AvgIpc) is 2.69. The second-order valence-electron chi connectivity index (χ2n) is 5.90. The van der Waals surface area contributed by atoms with Crippen molar-refractivity contribution in [2.24, 2.45) is 0 Å². The molecule has 2 N–H and O–H groups in total. The van der Waals surface area contributed by atoms with Gasteiger partial charge < -0.3 is 4.57 Å². The molecule has 0 bridgehead atoms. The maximum Gasteiger partial charge on any atom is 0.275 e. The topological polar surface area (TPSA) is 80.2 Å². The van der Waals surface area contributed by atoms with Crippen molar-refractivity contribution >= 4 is 11.8 Å². The third-order valence-electron chi connectivity index (χ3n) is 3.93. The zero-order chi connectivity index (χ0) is 20.1. The third-order valence-corrected chi connectivity index (χ3v) is 3.93. The molecular formula is C20H15F2N3O3. The molecule has 0 fully saturated rings. The van der Waals surface area contributed by atoms with Crippen LogP contribution in [0.25, 0.3) is 0 Å². The molecule has 0 atom stereocenters. The molecule has 8 heteroatoms. The molecule has 6 nitrogen and oxygen atoms in total. The Morgan fingerprint density at radius 1 is 0.821 bits per heavy atom. The molecule has 2 amide bonds. The van der Waals surface area contributed by atoms with E-state index in [4.69, 9.17) is 0 Å². The van der Waals surface area contributed by atoms with Crippen LogP contribution < -0.4 is 16.4 Å². The number of hydrogen-bond acceptors (Lipinski definition) is 3. The van der Waals surface area contributed by atoms with E-state index in [2.05, 4.69) is 10.9 Å². The van der Waals surface area contributed by atoms with Gasteiger partial charge in [-0.2, -0.15) is 0 Å². The van der Waals surface area contributed by atoms with E-state index in [1.807, 2.05) is 0 Å². The van der Waals surface area contributed by atoms with Gasteiger partial charge in [0.15, 0.2) is 0 Å². The summed E-state index contributed by atoms with van der Waals surface area (Å²) in [4.78, 5) is 36.7. The van der Waals surface area contributed by atoms with Crippen molar-refractivity contribution in [3.8, 4) is 0 Å². The Kier molecular flexibility index (Phi) is 5.59. The first-order valence-electron chi connectivity index (χ1n) is 8.24. The van der Waals surface area contributed by atoms with Crippen molar-refractivity contribution in [2.75, 3.05) is 0 Å². The van der Waals surface area contributed by atoms with Crippen LogP contribution in [0.2, 0.25) is 0 Å². The average molecular weight is 383 g/mol. The molecule has 142 valence electrons. The summed E-state index contributed by atoms with van der Waals surface area (Å²) in [5.74, 6) is -2.34. The smallest absolute Gasteiger partial charge is 0.275 e. The molecular weight excluding hydrogens is 368 g/mol. The van der Waals surface area contributed by atoms with E-state index in [9.17, 15) is 23.2 Å². The number of pyridine rings is 1. The molecule has 28 heavy (non-hydrogen) atoms. The molecule has 0 spiro atoms. The van der Waals surface area contributed by atoms with E-state index in [1.165, 1.54) is 59.3 Å². The van der Waals surface area contributed by atoms with Gasteiger partial charge in [0.05, 0.1) is 6.54 Å². The minimum Gasteiger partial charge on any atom is -0.310 e. The SMILES string of the molecule is O=C(NNC(=O)c1cccn(Cc2ccc(F)cc2)c1=O)c1ccc(F)cc1. The van der Waals surface area contributed by atoms with Gasteiger partial charge in [-0.25, -0.2) is 8.78 Å². The monoisotopic (exact) mass is 383 g/mol. The van der Waals surface area contributed by atoms with Crippen LogP contribution >= 0.6 is 0 Å². The Morgan fingerprint density at radius 2 is 1.39 bits per heavy atom. The van der Waals surface area contributed by atoms with Crippen molar-refractivity contribution in [3.05, 3.63) is 106 Å². The summed E-state index contributed by atoms with van der Waals surface area (Å²) in [6.07, 6.45) is 1.50. The first kappa shape index (κ1) is 19.0. The van der Waals surface area contributed by atoms with Gasteiger partial charge in [-0.05, 0) is 54.1 Å². The number of carbonyl (C=O) groups is 2.